The molecule has 0 spiro atoms. The zero-order chi connectivity index (χ0) is 16.4. The Morgan fingerprint density at radius 3 is 2.30 bits per heavy atom. The van der Waals surface area contributed by atoms with Gasteiger partial charge in [-0.1, -0.05) is 0 Å². The lowest BCUT2D eigenvalue weighted by molar-refractivity contribution is -0.275. The number of alkyl halides is 3. The van der Waals surface area contributed by atoms with Crippen LogP contribution in [0.3, 0.4) is 0 Å². The Morgan fingerprint density at radius 1 is 1.04 bits per heavy atom. The fourth-order valence-electron chi connectivity index (χ4n) is 2.82. The number of ether oxygens (including phenoxy) is 3. The van der Waals surface area contributed by atoms with E-state index in [-0.39, 0.29) is 17.6 Å². The van der Waals surface area contributed by atoms with Gasteiger partial charge in [-0.3, -0.25) is 0 Å². The zero-order valence-electron chi connectivity index (χ0n) is 13.1. The maximum Gasteiger partial charge on any atom is 0.573 e. The van der Waals surface area contributed by atoms with Crippen molar-refractivity contribution in [3.8, 4) is 17.2 Å². The Bertz CT molecular complexity index is 547. The Hall–Kier alpha value is -1.59. The normalized spacial score (nSPS) is 19.0. The molecule has 2 aliphatic carbocycles. The minimum absolute atomic E-state index is 0.0387. The number of hydrogen-bond acceptors (Lipinski definition) is 3. The molecule has 3 nitrogen and oxygen atoms in total. The molecule has 0 saturated heterocycles. The minimum atomic E-state index is -4.76. The van der Waals surface area contributed by atoms with Crippen LogP contribution in [-0.4, -0.2) is 19.1 Å². The topological polar surface area (TPSA) is 27.7 Å². The first-order chi connectivity index (χ1) is 10.9. The molecule has 128 valence electrons. The summed E-state index contributed by atoms with van der Waals surface area (Å²) in [6, 6.07) is 3.19. The molecular formula is C17H21F3O3. The van der Waals surface area contributed by atoms with Crippen molar-refractivity contribution >= 4 is 0 Å². The molecule has 0 radical (unpaired) electrons. The third-order valence-corrected chi connectivity index (χ3v) is 4.31. The van der Waals surface area contributed by atoms with Gasteiger partial charge in [-0.15, -0.1) is 13.2 Å². The minimum Gasteiger partial charge on any atom is -0.493 e. The van der Waals surface area contributed by atoms with E-state index >= 15 is 0 Å². The van der Waals surface area contributed by atoms with E-state index in [9.17, 15) is 13.2 Å². The molecule has 23 heavy (non-hydrogen) atoms. The molecule has 0 unspecified atom stereocenters. The lowest BCUT2D eigenvalue weighted by Gasteiger charge is -2.21. The summed E-state index contributed by atoms with van der Waals surface area (Å²) in [6.45, 7) is 2.11. The number of hydrogen-bond donors (Lipinski definition) is 0. The Kier molecular flexibility index (Phi) is 4.60. The van der Waals surface area contributed by atoms with Crippen molar-refractivity contribution in [1.82, 2.24) is 0 Å². The first-order valence-electron chi connectivity index (χ1n) is 8.11. The van der Waals surface area contributed by atoms with E-state index < -0.39 is 6.36 Å². The standard InChI is InChI=1S/C17H21F3O3/c1-11-14(21-10-12-6-7-12)8-9-15(16(11)23-17(18,19)20)22-13-4-2-3-5-13/h8-9,12-13H,2-7,10H2,1H3. The Labute approximate surface area is 133 Å². The zero-order valence-corrected chi connectivity index (χ0v) is 13.1. The first kappa shape index (κ1) is 16.3. The maximum absolute atomic E-state index is 12.8. The van der Waals surface area contributed by atoms with E-state index in [0.717, 1.165) is 38.5 Å². The summed E-state index contributed by atoms with van der Waals surface area (Å²) < 4.78 is 53.9. The van der Waals surface area contributed by atoms with Gasteiger partial charge in [-0.2, -0.15) is 0 Å². The second-order valence-electron chi connectivity index (χ2n) is 6.34. The van der Waals surface area contributed by atoms with Crippen LogP contribution in [0.4, 0.5) is 13.2 Å². The summed E-state index contributed by atoms with van der Waals surface area (Å²) in [6.07, 6.45) is 1.26. The number of rotatable bonds is 6. The molecule has 0 aliphatic heterocycles. The van der Waals surface area contributed by atoms with Gasteiger partial charge in [-0.05, 0) is 63.5 Å². The molecule has 2 aliphatic rings. The Morgan fingerprint density at radius 2 is 1.70 bits per heavy atom. The van der Waals surface area contributed by atoms with Crippen molar-refractivity contribution < 1.29 is 27.4 Å². The highest BCUT2D eigenvalue weighted by Crippen LogP contribution is 2.42. The molecule has 2 saturated carbocycles. The summed E-state index contributed by atoms with van der Waals surface area (Å²) in [7, 11) is 0. The maximum atomic E-state index is 12.8. The largest absolute Gasteiger partial charge is 0.573 e. The molecule has 0 amide bonds. The van der Waals surface area contributed by atoms with Crippen molar-refractivity contribution in [3.63, 3.8) is 0 Å². The lowest BCUT2D eigenvalue weighted by atomic mass is 10.1. The van der Waals surface area contributed by atoms with E-state index in [0.29, 0.717) is 23.8 Å². The monoisotopic (exact) mass is 330 g/mol. The molecule has 2 fully saturated rings. The molecule has 1 aromatic rings. The van der Waals surface area contributed by atoms with Gasteiger partial charge in [0, 0.05) is 5.56 Å². The predicted octanol–water partition coefficient (Wildman–Crippen LogP) is 5.00. The quantitative estimate of drug-likeness (QED) is 0.734. The van der Waals surface area contributed by atoms with Crippen molar-refractivity contribution in [3.05, 3.63) is 17.7 Å². The molecule has 3 rings (SSSR count). The van der Waals surface area contributed by atoms with Crippen LogP contribution in [0.5, 0.6) is 17.2 Å². The summed E-state index contributed by atoms with van der Waals surface area (Å²) in [5.41, 5.74) is 0.332. The summed E-state index contributed by atoms with van der Waals surface area (Å²) in [5, 5.41) is 0. The van der Waals surface area contributed by atoms with Crippen molar-refractivity contribution in [2.24, 2.45) is 5.92 Å². The van der Waals surface area contributed by atoms with Gasteiger partial charge in [0.25, 0.3) is 0 Å². The highest BCUT2D eigenvalue weighted by molar-refractivity contribution is 5.53. The highest BCUT2D eigenvalue weighted by atomic mass is 19.4. The van der Waals surface area contributed by atoms with Gasteiger partial charge < -0.3 is 14.2 Å². The van der Waals surface area contributed by atoms with Crippen molar-refractivity contribution in [1.29, 1.82) is 0 Å². The highest BCUT2D eigenvalue weighted by Gasteiger charge is 2.34. The summed E-state index contributed by atoms with van der Waals surface area (Å²) in [4.78, 5) is 0. The van der Waals surface area contributed by atoms with E-state index in [1.165, 1.54) is 6.07 Å². The summed E-state index contributed by atoms with van der Waals surface area (Å²) in [5.74, 6) is 0.814. The average Bonchev–Trinajstić information content (AvgIpc) is 3.16. The second-order valence-corrected chi connectivity index (χ2v) is 6.34. The van der Waals surface area contributed by atoms with Gasteiger partial charge in [0.15, 0.2) is 11.5 Å². The molecule has 0 N–H and O–H groups in total. The van der Waals surface area contributed by atoms with Gasteiger partial charge in [-0.25, -0.2) is 0 Å². The van der Waals surface area contributed by atoms with E-state index in [1.54, 1.807) is 13.0 Å². The number of benzene rings is 1. The van der Waals surface area contributed by atoms with Crippen LogP contribution >= 0.6 is 0 Å². The van der Waals surface area contributed by atoms with Crippen LogP contribution < -0.4 is 14.2 Å². The van der Waals surface area contributed by atoms with Crippen LogP contribution in [0.15, 0.2) is 12.1 Å². The van der Waals surface area contributed by atoms with Crippen LogP contribution in [-0.2, 0) is 0 Å². The first-order valence-corrected chi connectivity index (χ1v) is 8.11. The molecule has 1 aromatic carbocycles. The molecular weight excluding hydrogens is 309 g/mol. The number of halogens is 3. The smallest absolute Gasteiger partial charge is 0.493 e. The van der Waals surface area contributed by atoms with Crippen molar-refractivity contribution in [2.45, 2.75) is 57.9 Å². The van der Waals surface area contributed by atoms with Gasteiger partial charge in [0.05, 0.1) is 12.7 Å². The van der Waals surface area contributed by atoms with Gasteiger partial charge in [0.1, 0.15) is 5.75 Å². The van der Waals surface area contributed by atoms with Crippen LogP contribution in [0.25, 0.3) is 0 Å². The molecule has 0 aromatic heterocycles. The van der Waals surface area contributed by atoms with Crippen LogP contribution in [0.2, 0.25) is 0 Å². The average molecular weight is 330 g/mol. The van der Waals surface area contributed by atoms with Gasteiger partial charge in [0.2, 0.25) is 0 Å². The fourth-order valence-corrected chi connectivity index (χ4v) is 2.82. The van der Waals surface area contributed by atoms with E-state index in [2.05, 4.69) is 4.74 Å². The van der Waals surface area contributed by atoms with Gasteiger partial charge >= 0.3 is 6.36 Å². The third-order valence-electron chi connectivity index (χ3n) is 4.31. The molecule has 6 heteroatoms. The SMILES string of the molecule is Cc1c(OCC2CC2)ccc(OC2CCCC2)c1OC(F)(F)F. The molecule has 0 heterocycles. The third kappa shape index (κ3) is 4.45. The summed E-state index contributed by atoms with van der Waals surface area (Å²) >= 11 is 0. The molecule has 0 bridgehead atoms. The van der Waals surface area contributed by atoms with Crippen LogP contribution in [0.1, 0.15) is 44.1 Å². The van der Waals surface area contributed by atoms with E-state index in [4.69, 9.17) is 9.47 Å². The Balaban J connectivity index is 1.82. The fraction of sp³-hybridized carbons (Fsp3) is 0.647. The molecule has 0 atom stereocenters. The van der Waals surface area contributed by atoms with E-state index in [1.807, 2.05) is 0 Å². The van der Waals surface area contributed by atoms with Crippen LogP contribution in [0, 0.1) is 12.8 Å². The van der Waals surface area contributed by atoms with Crippen molar-refractivity contribution in [2.75, 3.05) is 6.61 Å². The lowest BCUT2D eigenvalue weighted by Crippen LogP contribution is -2.20. The second kappa shape index (κ2) is 6.49. The predicted molar refractivity (Wildman–Crippen MR) is 79.0 cm³/mol.